The maximum absolute atomic E-state index is 14.0. The third-order valence-corrected chi connectivity index (χ3v) is 9.23. The van der Waals surface area contributed by atoms with Crippen LogP contribution in [0.1, 0.15) is 100 Å². The van der Waals surface area contributed by atoms with Gasteiger partial charge in [0.2, 0.25) is 11.7 Å². The third-order valence-electron chi connectivity index (χ3n) is 9.23. The predicted octanol–water partition coefficient (Wildman–Crippen LogP) is 4.35. The number of rotatable bonds is 11. The van der Waals surface area contributed by atoms with Crippen molar-refractivity contribution in [3.05, 3.63) is 0 Å². The molecule has 0 bridgehead atoms. The minimum absolute atomic E-state index is 0.0304. The second-order valence-electron chi connectivity index (χ2n) is 14.9. The minimum atomic E-state index is -0.994. The quantitative estimate of drug-likeness (QED) is 0.410. The van der Waals surface area contributed by atoms with Crippen LogP contribution in [0.25, 0.3) is 0 Å². The average molecular weight is 517 g/mol. The van der Waals surface area contributed by atoms with Crippen molar-refractivity contribution in [1.82, 2.24) is 4.90 Å². The molecule has 7 nitrogen and oxygen atoms in total. The van der Waals surface area contributed by atoms with Gasteiger partial charge in [-0.3, -0.25) is 24.0 Å². The molecule has 208 valence electrons. The van der Waals surface area contributed by atoms with E-state index in [9.17, 15) is 24.0 Å². The summed E-state index contributed by atoms with van der Waals surface area (Å²) in [4.78, 5) is 66.9. The molecule has 0 spiro atoms. The second-order valence-corrected chi connectivity index (χ2v) is 14.9. The van der Waals surface area contributed by atoms with Crippen molar-refractivity contribution in [3.8, 4) is 0 Å². The molecule has 2 unspecified atom stereocenters. The molecular formula is C30H48N2O5. The Kier molecular flexibility index (Phi) is 8.18. The fourth-order valence-electron chi connectivity index (χ4n) is 6.72. The molecule has 3 rings (SSSR count). The van der Waals surface area contributed by atoms with E-state index < -0.39 is 35.0 Å². The van der Waals surface area contributed by atoms with Crippen LogP contribution in [-0.2, 0) is 24.0 Å². The van der Waals surface area contributed by atoms with Crippen molar-refractivity contribution in [2.45, 2.75) is 106 Å². The van der Waals surface area contributed by atoms with Gasteiger partial charge < -0.3 is 10.6 Å². The number of nitrogens with two attached hydrogens (primary N) is 1. The largest absolute Gasteiger partial charge is 0.363 e. The van der Waals surface area contributed by atoms with Crippen LogP contribution in [0, 0.1) is 45.8 Å². The molecule has 1 aliphatic heterocycles. The Labute approximate surface area is 222 Å². The van der Waals surface area contributed by atoms with Crippen LogP contribution in [0.4, 0.5) is 0 Å². The van der Waals surface area contributed by atoms with Crippen LogP contribution in [0.15, 0.2) is 0 Å². The normalized spacial score (nSPS) is 26.6. The number of carbonyl (C=O) groups is 5. The molecular weight excluding hydrogens is 468 g/mol. The Morgan fingerprint density at radius 1 is 0.973 bits per heavy atom. The number of ketones is 3. The number of hydrogen-bond acceptors (Lipinski definition) is 5. The number of nitrogens with zero attached hydrogens (tertiary/aromatic N) is 1. The van der Waals surface area contributed by atoms with E-state index in [1.54, 1.807) is 4.90 Å². The summed E-state index contributed by atoms with van der Waals surface area (Å²) in [6, 6.07) is -0.625. The van der Waals surface area contributed by atoms with Crippen molar-refractivity contribution >= 4 is 29.2 Å². The van der Waals surface area contributed by atoms with E-state index in [1.165, 1.54) is 0 Å². The topological polar surface area (TPSA) is 115 Å². The van der Waals surface area contributed by atoms with Gasteiger partial charge in [0, 0.05) is 37.6 Å². The van der Waals surface area contributed by atoms with E-state index in [2.05, 4.69) is 13.8 Å². The van der Waals surface area contributed by atoms with Gasteiger partial charge in [-0.25, -0.2) is 0 Å². The van der Waals surface area contributed by atoms with Crippen molar-refractivity contribution in [2.75, 3.05) is 6.54 Å². The van der Waals surface area contributed by atoms with Crippen LogP contribution in [0.5, 0.6) is 0 Å². The molecule has 2 N–H and O–H groups in total. The molecule has 1 saturated heterocycles. The van der Waals surface area contributed by atoms with E-state index in [0.29, 0.717) is 25.3 Å². The molecule has 0 aromatic heterocycles. The predicted molar refractivity (Wildman–Crippen MR) is 142 cm³/mol. The fourth-order valence-corrected chi connectivity index (χ4v) is 6.72. The van der Waals surface area contributed by atoms with Crippen LogP contribution in [0.3, 0.4) is 0 Å². The number of amides is 2. The lowest BCUT2D eigenvalue weighted by Crippen LogP contribution is -2.51. The van der Waals surface area contributed by atoms with E-state index >= 15 is 0 Å². The molecule has 7 heteroatoms. The van der Waals surface area contributed by atoms with Gasteiger partial charge in [-0.05, 0) is 40.4 Å². The number of fused-ring (bicyclic) bond motifs is 1. The van der Waals surface area contributed by atoms with Gasteiger partial charge in [0.15, 0.2) is 5.78 Å². The van der Waals surface area contributed by atoms with Crippen LogP contribution >= 0.6 is 0 Å². The van der Waals surface area contributed by atoms with Crippen molar-refractivity contribution in [1.29, 1.82) is 0 Å². The lowest BCUT2D eigenvalue weighted by Gasteiger charge is -2.38. The number of likely N-dealkylation sites (tertiary alicyclic amines) is 1. The number of carbonyl (C=O) groups excluding carboxylic acids is 5. The van der Waals surface area contributed by atoms with E-state index in [0.717, 1.165) is 19.3 Å². The highest BCUT2D eigenvalue weighted by Gasteiger charge is 2.69. The second kappa shape index (κ2) is 10.3. The fraction of sp³-hybridized carbons (Fsp3) is 0.833. The molecule has 3 fully saturated rings. The SMILES string of the molecule is CC(C)(C)CC(=O)C[C@H](C(=O)N1CC2[C@@H]([C@H]1C(=O)CC(CC1CCC1)C(=O)C(N)=O)C2(C)C)C(C)(C)C. The first-order valence-electron chi connectivity index (χ1n) is 14.0. The number of hydrogen-bond donors (Lipinski definition) is 1. The highest BCUT2D eigenvalue weighted by Crippen LogP contribution is 2.65. The Hall–Kier alpha value is -2.05. The Balaban J connectivity index is 1.83. The zero-order valence-electron chi connectivity index (χ0n) is 24.2. The minimum Gasteiger partial charge on any atom is -0.363 e. The highest BCUT2D eigenvalue weighted by atomic mass is 16.2. The molecule has 5 atom stereocenters. The zero-order valence-corrected chi connectivity index (χ0v) is 24.2. The summed E-state index contributed by atoms with van der Waals surface area (Å²) in [6.45, 7) is 16.7. The molecule has 1 heterocycles. The smallest absolute Gasteiger partial charge is 0.285 e. The van der Waals surface area contributed by atoms with Gasteiger partial charge in [-0.15, -0.1) is 0 Å². The molecule has 2 amide bonds. The van der Waals surface area contributed by atoms with Gasteiger partial charge in [0.05, 0.1) is 6.04 Å². The molecule has 2 saturated carbocycles. The third kappa shape index (κ3) is 6.51. The maximum atomic E-state index is 14.0. The number of Topliss-reactive ketones (excluding diaryl/α,β-unsaturated/α-hetero) is 3. The lowest BCUT2D eigenvalue weighted by molar-refractivity contribution is -0.148. The Morgan fingerprint density at radius 3 is 2.03 bits per heavy atom. The summed E-state index contributed by atoms with van der Waals surface area (Å²) in [6.07, 6.45) is 4.08. The first-order chi connectivity index (χ1) is 16.8. The monoisotopic (exact) mass is 516 g/mol. The Bertz CT molecular complexity index is 950. The standard InChI is InChI=1S/C30H48N2O5/c1-28(2,3)15-19(33)14-20(29(4,5)6)27(37)32-16-21-23(30(21,7)8)24(32)22(34)13-18(25(35)26(31)36)12-17-10-9-11-17/h17-18,20-21,23-24H,9-16H2,1-8H3,(H2,31,36)/t18?,20-,21?,23+,24-/m1/s1. The first-order valence-corrected chi connectivity index (χ1v) is 14.0. The van der Waals surface area contributed by atoms with Gasteiger partial charge in [0.1, 0.15) is 5.78 Å². The van der Waals surface area contributed by atoms with Gasteiger partial charge in [-0.1, -0.05) is 74.7 Å². The highest BCUT2D eigenvalue weighted by molar-refractivity contribution is 6.36. The summed E-state index contributed by atoms with van der Waals surface area (Å²) in [5.74, 6) is -2.58. The first kappa shape index (κ1) is 29.5. The Morgan fingerprint density at radius 2 is 1.57 bits per heavy atom. The zero-order chi connectivity index (χ0) is 28.1. The number of piperidine rings is 1. The van der Waals surface area contributed by atoms with Crippen LogP contribution < -0.4 is 5.73 Å². The summed E-state index contributed by atoms with van der Waals surface area (Å²) in [5, 5.41) is 0. The number of primary amides is 1. The summed E-state index contributed by atoms with van der Waals surface area (Å²) < 4.78 is 0. The summed E-state index contributed by atoms with van der Waals surface area (Å²) >= 11 is 0. The van der Waals surface area contributed by atoms with Gasteiger partial charge in [0.25, 0.3) is 5.91 Å². The van der Waals surface area contributed by atoms with E-state index in [1.807, 2.05) is 41.5 Å². The summed E-state index contributed by atoms with van der Waals surface area (Å²) in [5.41, 5.74) is 4.66. The molecule has 0 radical (unpaired) electrons. The van der Waals surface area contributed by atoms with Crippen LogP contribution in [0.2, 0.25) is 0 Å². The average Bonchev–Trinajstić information content (AvgIpc) is 3.06. The van der Waals surface area contributed by atoms with Crippen LogP contribution in [-0.4, -0.2) is 46.7 Å². The molecule has 3 aliphatic rings. The summed E-state index contributed by atoms with van der Waals surface area (Å²) in [7, 11) is 0. The lowest BCUT2D eigenvalue weighted by atomic mass is 9.74. The van der Waals surface area contributed by atoms with Crippen molar-refractivity contribution in [2.24, 2.45) is 51.6 Å². The molecule has 0 aromatic rings. The van der Waals surface area contributed by atoms with Gasteiger partial charge >= 0.3 is 0 Å². The van der Waals surface area contributed by atoms with E-state index in [-0.39, 0.29) is 53.0 Å². The maximum Gasteiger partial charge on any atom is 0.285 e. The van der Waals surface area contributed by atoms with Crippen molar-refractivity contribution < 1.29 is 24.0 Å². The van der Waals surface area contributed by atoms with E-state index in [4.69, 9.17) is 5.73 Å². The molecule has 37 heavy (non-hydrogen) atoms. The van der Waals surface area contributed by atoms with Gasteiger partial charge in [-0.2, -0.15) is 0 Å². The molecule has 0 aromatic carbocycles. The molecule has 2 aliphatic carbocycles. The van der Waals surface area contributed by atoms with Crippen molar-refractivity contribution in [3.63, 3.8) is 0 Å².